The monoisotopic (exact) mass is 362 g/mol. The molecule has 1 aromatic rings. The summed E-state index contributed by atoms with van der Waals surface area (Å²) < 4.78 is 17.8. The molecule has 1 aliphatic rings. The second-order valence-corrected chi connectivity index (χ2v) is 8.49. The van der Waals surface area contributed by atoms with Crippen molar-refractivity contribution in [2.24, 2.45) is 0 Å². The first-order valence-corrected chi connectivity index (χ1v) is 9.38. The van der Waals surface area contributed by atoms with Crippen LogP contribution >= 0.6 is 11.8 Å². The van der Waals surface area contributed by atoms with Crippen molar-refractivity contribution in [3.05, 3.63) is 34.8 Å². The molecule has 1 fully saturated rings. The van der Waals surface area contributed by atoms with Gasteiger partial charge in [-0.25, -0.2) is 0 Å². The molecule has 2 rings (SSSR count). The van der Waals surface area contributed by atoms with E-state index < -0.39 is 18.3 Å². The number of ether oxygens (including phenoxy) is 1. The molecule has 0 N–H and O–H groups in total. The summed E-state index contributed by atoms with van der Waals surface area (Å²) in [6, 6.07) is 6.01. The number of methoxy groups -OCH3 is 1. The van der Waals surface area contributed by atoms with Crippen molar-refractivity contribution < 1.29 is 18.8 Å². The molecule has 4 nitrogen and oxygen atoms in total. The molecule has 136 valence electrons. The fourth-order valence-corrected chi connectivity index (χ4v) is 3.11. The van der Waals surface area contributed by atoms with Gasteiger partial charge in [-0.2, -0.15) is 0 Å². The lowest BCUT2D eigenvalue weighted by Crippen LogP contribution is -2.41. The third-order valence-corrected chi connectivity index (χ3v) is 5.61. The van der Waals surface area contributed by atoms with Gasteiger partial charge in [0.2, 0.25) is 0 Å². The van der Waals surface area contributed by atoms with E-state index in [1.807, 2.05) is 52.8 Å². The highest BCUT2D eigenvalue weighted by Gasteiger charge is 2.52. The average molecular weight is 362 g/mol. The van der Waals surface area contributed by atoms with E-state index >= 15 is 0 Å². The Labute approximate surface area is 155 Å². The molecule has 0 bridgehead atoms. The van der Waals surface area contributed by atoms with Crippen LogP contribution < -0.4 is 4.74 Å². The Morgan fingerprint density at radius 1 is 1.24 bits per heavy atom. The average Bonchev–Trinajstić information content (AvgIpc) is 2.71. The van der Waals surface area contributed by atoms with Gasteiger partial charge in [-0.15, -0.1) is 0 Å². The molecule has 0 amide bonds. The number of thioether (sulfide) groups is 1. The van der Waals surface area contributed by atoms with E-state index in [1.54, 1.807) is 14.0 Å². The van der Waals surface area contributed by atoms with Crippen molar-refractivity contribution in [1.82, 2.24) is 0 Å². The van der Waals surface area contributed by atoms with Crippen molar-refractivity contribution in [2.45, 2.75) is 52.7 Å². The highest BCUT2D eigenvalue weighted by atomic mass is 32.2. The van der Waals surface area contributed by atoms with Crippen LogP contribution in [0.3, 0.4) is 0 Å². The van der Waals surface area contributed by atoms with Crippen LogP contribution in [-0.4, -0.2) is 36.3 Å². The zero-order valence-electron chi connectivity index (χ0n) is 16.1. The lowest BCUT2D eigenvalue weighted by molar-refractivity contribution is -0.109. The Hall–Kier alpha value is -1.24. The first kappa shape index (κ1) is 20.1. The summed E-state index contributed by atoms with van der Waals surface area (Å²) in [7, 11) is 1.17. The fourth-order valence-electron chi connectivity index (χ4n) is 2.52. The predicted octanol–water partition coefficient (Wildman–Crippen LogP) is 4.30. The van der Waals surface area contributed by atoms with Gasteiger partial charge in [0.25, 0.3) is 0 Å². The highest BCUT2D eigenvalue weighted by molar-refractivity contribution is 8.13. The summed E-state index contributed by atoms with van der Waals surface area (Å²) in [5.41, 5.74) is 2.17. The lowest BCUT2D eigenvalue weighted by atomic mass is 9.78. The van der Waals surface area contributed by atoms with Crippen LogP contribution in [0, 0.1) is 6.92 Å². The number of rotatable bonds is 5. The SMILES string of the molecule is COc1ccc(C)cc1C=C(CSC(C)=O)B1OC(C)(C)C(C)(C)O1. The summed E-state index contributed by atoms with van der Waals surface area (Å²) in [6.07, 6.45) is 2.02. The summed E-state index contributed by atoms with van der Waals surface area (Å²) in [5.74, 6) is 1.30. The van der Waals surface area contributed by atoms with Gasteiger partial charge in [0.05, 0.1) is 18.3 Å². The molecule has 1 aromatic carbocycles. The quantitative estimate of drug-likeness (QED) is 0.731. The van der Waals surface area contributed by atoms with Crippen LogP contribution in [0.4, 0.5) is 0 Å². The second kappa shape index (κ2) is 7.56. The smallest absolute Gasteiger partial charge is 0.491 e. The molecule has 0 aromatic heterocycles. The van der Waals surface area contributed by atoms with Gasteiger partial charge in [-0.3, -0.25) is 4.79 Å². The third-order valence-electron chi connectivity index (χ3n) is 4.72. The van der Waals surface area contributed by atoms with Crippen LogP contribution in [0.2, 0.25) is 0 Å². The molecule has 25 heavy (non-hydrogen) atoms. The Balaban J connectivity index is 2.40. The molecule has 0 spiro atoms. The minimum absolute atomic E-state index is 0.0682. The maximum absolute atomic E-state index is 11.5. The van der Waals surface area contributed by atoms with Gasteiger partial charge in [0, 0.05) is 18.2 Å². The number of carbonyl (C=O) groups excluding carboxylic acids is 1. The van der Waals surface area contributed by atoms with Crippen molar-refractivity contribution in [1.29, 1.82) is 0 Å². The predicted molar refractivity (Wildman–Crippen MR) is 105 cm³/mol. The largest absolute Gasteiger partial charge is 0.496 e. The molecule has 1 aliphatic heterocycles. The summed E-state index contributed by atoms with van der Waals surface area (Å²) >= 11 is 1.26. The maximum Gasteiger partial charge on any atom is 0.491 e. The first-order valence-electron chi connectivity index (χ1n) is 8.40. The van der Waals surface area contributed by atoms with Crippen LogP contribution in [-0.2, 0) is 14.1 Å². The second-order valence-electron chi connectivity index (χ2n) is 7.33. The number of benzene rings is 1. The van der Waals surface area contributed by atoms with Gasteiger partial charge >= 0.3 is 7.12 Å². The van der Waals surface area contributed by atoms with Gasteiger partial charge in [-0.05, 0) is 52.2 Å². The van der Waals surface area contributed by atoms with E-state index in [4.69, 9.17) is 14.0 Å². The molecule has 0 aliphatic carbocycles. The van der Waals surface area contributed by atoms with E-state index in [-0.39, 0.29) is 5.12 Å². The lowest BCUT2D eigenvalue weighted by Gasteiger charge is -2.32. The van der Waals surface area contributed by atoms with E-state index in [2.05, 4.69) is 6.07 Å². The standard InChI is InChI=1S/C19H27BO4S/c1-13-8-9-17(22-7)15(10-13)11-16(12-25-14(2)21)20-23-18(3,4)19(5,6)24-20/h8-11H,12H2,1-7H3. The zero-order chi connectivity index (χ0) is 18.8. The van der Waals surface area contributed by atoms with Gasteiger partial charge in [-0.1, -0.05) is 29.5 Å². The molecular weight excluding hydrogens is 335 g/mol. The Kier molecular flexibility index (Phi) is 6.07. The zero-order valence-corrected chi connectivity index (χ0v) is 17.0. The van der Waals surface area contributed by atoms with Crippen molar-refractivity contribution in [3.8, 4) is 5.75 Å². The maximum atomic E-state index is 11.5. The van der Waals surface area contributed by atoms with Crippen molar-refractivity contribution in [3.63, 3.8) is 0 Å². The van der Waals surface area contributed by atoms with Crippen LogP contribution in [0.5, 0.6) is 5.75 Å². The molecule has 6 heteroatoms. The third kappa shape index (κ3) is 4.69. The number of hydrogen-bond acceptors (Lipinski definition) is 5. The minimum atomic E-state index is -0.484. The van der Waals surface area contributed by atoms with Crippen LogP contribution in [0.15, 0.2) is 23.7 Å². The molecule has 1 heterocycles. The molecule has 0 unspecified atom stereocenters. The number of aryl methyl sites for hydroxylation is 1. The molecular formula is C19H27BO4S. The fraction of sp³-hybridized carbons (Fsp3) is 0.526. The van der Waals surface area contributed by atoms with E-state index in [0.717, 1.165) is 22.3 Å². The Morgan fingerprint density at radius 3 is 2.36 bits per heavy atom. The normalized spacial score (nSPS) is 19.2. The Bertz CT molecular complexity index is 666. The number of hydrogen-bond donors (Lipinski definition) is 0. The van der Waals surface area contributed by atoms with Gasteiger partial charge in [0.1, 0.15) is 5.75 Å². The Morgan fingerprint density at radius 2 is 1.84 bits per heavy atom. The summed E-state index contributed by atoms with van der Waals surface area (Å²) in [4.78, 5) is 11.5. The topological polar surface area (TPSA) is 44.8 Å². The molecule has 1 saturated heterocycles. The molecule has 0 saturated carbocycles. The first-order chi connectivity index (χ1) is 11.6. The number of carbonyl (C=O) groups is 1. The van der Waals surface area contributed by atoms with Gasteiger partial charge in [0.15, 0.2) is 5.12 Å². The minimum Gasteiger partial charge on any atom is -0.496 e. The molecule has 0 atom stereocenters. The van der Waals surface area contributed by atoms with Crippen molar-refractivity contribution in [2.75, 3.05) is 12.9 Å². The van der Waals surface area contributed by atoms with Crippen LogP contribution in [0.1, 0.15) is 45.7 Å². The summed E-state index contributed by atoms with van der Waals surface area (Å²) in [5, 5.41) is 0.0682. The van der Waals surface area contributed by atoms with E-state index in [9.17, 15) is 4.79 Å². The summed E-state index contributed by atoms with van der Waals surface area (Å²) in [6.45, 7) is 11.7. The van der Waals surface area contributed by atoms with Crippen molar-refractivity contribution >= 4 is 30.1 Å². The highest BCUT2D eigenvalue weighted by Crippen LogP contribution is 2.39. The van der Waals surface area contributed by atoms with E-state index in [0.29, 0.717) is 5.75 Å². The van der Waals surface area contributed by atoms with Gasteiger partial charge < -0.3 is 14.0 Å². The molecule has 0 radical (unpaired) electrons. The van der Waals surface area contributed by atoms with Crippen LogP contribution in [0.25, 0.3) is 6.08 Å². The van der Waals surface area contributed by atoms with E-state index in [1.165, 1.54) is 11.8 Å².